The van der Waals surface area contributed by atoms with E-state index in [-0.39, 0.29) is 6.54 Å². The molecule has 1 aliphatic rings. The molecule has 0 atom stereocenters. The number of hydrogen-bond donors (Lipinski definition) is 2. The summed E-state index contributed by atoms with van der Waals surface area (Å²) in [6.45, 7) is 4.01. The average molecular weight is 395 g/mol. The minimum Gasteiger partial charge on any atom is -0.351 e. The molecule has 9 heteroatoms. The second kappa shape index (κ2) is 6.64. The Hall–Kier alpha value is -1.55. The summed E-state index contributed by atoms with van der Waals surface area (Å²) >= 11 is 2.97. The minimum absolute atomic E-state index is 0.253. The largest absolute Gasteiger partial charge is 0.351 e. The number of thioether (sulfide) groups is 1. The first-order chi connectivity index (χ1) is 12.1. The van der Waals surface area contributed by atoms with Crippen molar-refractivity contribution in [1.82, 2.24) is 14.3 Å². The molecule has 3 aromatic rings. The molecule has 0 spiro atoms. The van der Waals surface area contributed by atoms with Crippen molar-refractivity contribution < 1.29 is 8.42 Å². The zero-order valence-electron chi connectivity index (χ0n) is 13.7. The van der Waals surface area contributed by atoms with Crippen LogP contribution in [-0.4, -0.2) is 35.3 Å². The number of aryl methyl sites for hydroxylation is 1. The Kier molecular flexibility index (Phi) is 4.48. The van der Waals surface area contributed by atoms with Gasteiger partial charge in [-0.05, 0) is 24.4 Å². The maximum atomic E-state index is 12.4. The Bertz CT molecular complexity index is 1030. The molecule has 0 saturated carbocycles. The second-order valence-electron chi connectivity index (χ2n) is 5.68. The summed E-state index contributed by atoms with van der Waals surface area (Å²) in [6.07, 6.45) is 2.01. The number of hydrogen-bond acceptors (Lipinski definition) is 5. The first-order valence-corrected chi connectivity index (χ1v) is 11.3. The van der Waals surface area contributed by atoms with Gasteiger partial charge in [0.2, 0.25) is 10.0 Å². The van der Waals surface area contributed by atoms with E-state index in [4.69, 9.17) is 0 Å². The Labute approximate surface area is 154 Å². The number of nitrogens with one attached hydrogen (secondary N) is 2. The van der Waals surface area contributed by atoms with Gasteiger partial charge in [-0.1, -0.05) is 6.07 Å². The first kappa shape index (κ1) is 16.9. The molecule has 4 rings (SSSR count). The van der Waals surface area contributed by atoms with E-state index in [0.29, 0.717) is 4.21 Å². The molecule has 0 amide bonds. The summed E-state index contributed by atoms with van der Waals surface area (Å²) in [6, 6.07) is 5.46. The molecule has 0 radical (unpaired) electrons. The summed E-state index contributed by atoms with van der Waals surface area (Å²) < 4.78 is 29.9. The number of H-pyrrole nitrogens is 1. The maximum Gasteiger partial charge on any atom is 0.250 e. The van der Waals surface area contributed by atoms with Crippen LogP contribution in [0.5, 0.6) is 0 Å². The number of fused-ring (bicyclic) bond motifs is 1. The van der Waals surface area contributed by atoms with Crippen molar-refractivity contribution in [3.8, 4) is 0 Å². The van der Waals surface area contributed by atoms with E-state index in [1.807, 2.05) is 6.20 Å². The smallest absolute Gasteiger partial charge is 0.250 e. The highest BCUT2D eigenvalue weighted by atomic mass is 32.2. The van der Waals surface area contributed by atoms with E-state index in [2.05, 4.69) is 32.3 Å². The predicted molar refractivity (Wildman–Crippen MR) is 104 cm³/mol. The van der Waals surface area contributed by atoms with Crippen LogP contribution in [0.2, 0.25) is 0 Å². The molecular weight excluding hydrogens is 376 g/mol. The van der Waals surface area contributed by atoms with E-state index in [1.54, 1.807) is 29.3 Å². The van der Waals surface area contributed by atoms with Gasteiger partial charge >= 0.3 is 0 Å². The van der Waals surface area contributed by atoms with E-state index in [1.165, 1.54) is 11.3 Å². The highest BCUT2D eigenvalue weighted by Crippen LogP contribution is 2.27. The molecule has 132 valence electrons. The average Bonchev–Trinajstić information content (AvgIpc) is 3.37. The van der Waals surface area contributed by atoms with Crippen molar-refractivity contribution in [2.45, 2.75) is 24.2 Å². The Balaban J connectivity index is 1.65. The van der Waals surface area contributed by atoms with E-state index in [0.717, 1.165) is 46.2 Å². The predicted octanol–water partition coefficient (Wildman–Crippen LogP) is 3.02. The molecule has 0 unspecified atom stereocenters. The SMILES string of the molecule is CCn1cc(CNS(=O)(=O)c2cccs2)c2[nH]c(C3=NCCS3)cc21. The number of rotatable bonds is 6. The fraction of sp³-hybridized carbons (Fsp3) is 0.312. The van der Waals surface area contributed by atoms with Crippen LogP contribution in [0, 0.1) is 0 Å². The summed E-state index contributed by atoms with van der Waals surface area (Å²) in [7, 11) is -3.47. The third-order valence-corrected chi connectivity index (χ3v) is 7.92. The Morgan fingerprint density at radius 1 is 1.44 bits per heavy atom. The van der Waals surface area contributed by atoms with Crippen LogP contribution in [0.3, 0.4) is 0 Å². The molecule has 0 fully saturated rings. The number of nitrogens with zero attached hydrogens (tertiary/aromatic N) is 2. The standard InChI is InChI=1S/C16H18N4O2S3/c1-2-20-10-11(9-18-25(21,22)14-4-3-6-23-14)15-13(20)8-12(19-15)16-17-5-7-24-16/h3-4,6,8,10,18-19H,2,5,7,9H2,1H3. The highest BCUT2D eigenvalue weighted by Gasteiger charge is 2.19. The van der Waals surface area contributed by atoms with Gasteiger partial charge in [0, 0.05) is 37.1 Å². The minimum atomic E-state index is -3.47. The van der Waals surface area contributed by atoms with Crippen LogP contribution in [0.15, 0.2) is 39.0 Å². The van der Waals surface area contributed by atoms with E-state index < -0.39 is 10.0 Å². The lowest BCUT2D eigenvalue weighted by molar-refractivity contribution is 0.583. The summed E-state index contributed by atoms with van der Waals surface area (Å²) in [5, 5.41) is 2.79. The lowest BCUT2D eigenvalue weighted by atomic mass is 10.3. The summed E-state index contributed by atoms with van der Waals surface area (Å²) in [5.74, 6) is 1.01. The lowest BCUT2D eigenvalue weighted by Gasteiger charge is -2.04. The van der Waals surface area contributed by atoms with Crippen LogP contribution in [0.25, 0.3) is 11.0 Å². The third kappa shape index (κ3) is 3.17. The lowest BCUT2D eigenvalue weighted by Crippen LogP contribution is -2.22. The molecule has 0 aromatic carbocycles. The fourth-order valence-corrected chi connectivity index (χ4v) is 5.77. The topological polar surface area (TPSA) is 79.2 Å². The molecule has 0 bridgehead atoms. The van der Waals surface area contributed by atoms with Crippen LogP contribution in [0.4, 0.5) is 0 Å². The molecule has 1 aliphatic heterocycles. The highest BCUT2D eigenvalue weighted by molar-refractivity contribution is 8.14. The van der Waals surface area contributed by atoms with Crippen molar-refractivity contribution in [3.63, 3.8) is 0 Å². The zero-order valence-corrected chi connectivity index (χ0v) is 16.1. The van der Waals surface area contributed by atoms with Crippen molar-refractivity contribution in [1.29, 1.82) is 0 Å². The molecular formula is C16H18N4O2S3. The maximum absolute atomic E-state index is 12.4. The molecule has 6 nitrogen and oxygen atoms in total. The van der Waals surface area contributed by atoms with Crippen LogP contribution in [-0.2, 0) is 23.1 Å². The normalized spacial score (nSPS) is 15.2. The van der Waals surface area contributed by atoms with E-state index in [9.17, 15) is 8.42 Å². The van der Waals surface area contributed by atoms with Crippen molar-refractivity contribution in [3.05, 3.63) is 41.0 Å². The van der Waals surface area contributed by atoms with Gasteiger partial charge in [-0.25, -0.2) is 13.1 Å². The van der Waals surface area contributed by atoms with Crippen molar-refractivity contribution in [2.24, 2.45) is 4.99 Å². The first-order valence-electron chi connectivity index (χ1n) is 8.00. The van der Waals surface area contributed by atoms with Gasteiger partial charge in [0.1, 0.15) is 9.25 Å². The van der Waals surface area contributed by atoms with Crippen LogP contribution in [0.1, 0.15) is 18.2 Å². The number of aromatic nitrogens is 2. The van der Waals surface area contributed by atoms with Crippen LogP contribution >= 0.6 is 23.1 Å². The third-order valence-electron chi connectivity index (χ3n) is 4.11. The molecule has 0 aliphatic carbocycles. The number of thiophene rings is 1. The van der Waals surface area contributed by atoms with E-state index >= 15 is 0 Å². The molecule has 0 saturated heterocycles. The summed E-state index contributed by atoms with van der Waals surface area (Å²) in [4.78, 5) is 7.94. The van der Waals surface area contributed by atoms with Gasteiger partial charge in [0.05, 0.1) is 16.7 Å². The quantitative estimate of drug-likeness (QED) is 0.674. The summed E-state index contributed by atoms with van der Waals surface area (Å²) in [5.41, 5.74) is 4.00. The molecule has 2 N–H and O–H groups in total. The zero-order chi connectivity index (χ0) is 17.4. The molecule has 25 heavy (non-hydrogen) atoms. The Morgan fingerprint density at radius 2 is 2.32 bits per heavy atom. The Morgan fingerprint density at radius 3 is 3.00 bits per heavy atom. The number of aromatic amines is 1. The number of sulfonamides is 1. The van der Waals surface area contributed by atoms with Crippen molar-refractivity contribution in [2.75, 3.05) is 12.3 Å². The monoisotopic (exact) mass is 394 g/mol. The van der Waals surface area contributed by atoms with Gasteiger partial charge in [-0.2, -0.15) is 0 Å². The van der Waals surface area contributed by atoms with Gasteiger partial charge < -0.3 is 9.55 Å². The van der Waals surface area contributed by atoms with Gasteiger partial charge in [0.25, 0.3) is 0 Å². The van der Waals surface area contributed by atoms with Crippen molar-refractivity contribution >= 4 is 49.2 Å². The van der Waals surface area contributed by atoms with Gasteiger partial charge in [0.15, 0.2) is 0 Å². The van der Waals surface area contributed by atoms with Crippen LogP contribution < -0.4 is 4.72 Å². The fourth-order valence-electron chi connectivity index (χ4n) is 2.91. The van der Waals surface area contributed by atoms with Gasteiger partial charge in [-0.3, -0.25) is 4.99 Å². The molecule has 3 aromatic heterocycles. The molecule has 4 heterocycles. The van der Waals surface area contributed by atoms with Gasteiger partial charge in [-0.15, -0.1) is 23.1 Å². The second-order valence-corrected chi connectivity index (χ2v) is 9.70. The number of aliphatic imine (C=N–C) groups is 1.